The lowest BCUT2D eigenvalue weighted by molar-refractivity contribution is -0.142. The van der Waals surface area contributed by atoms with E-state index in [0.29, 0.717) is 13.0 Å². The van der Waals surface area contributed by atoms with Gasteiger partial charge in [-0.2, -0.15) is 0 Å². The summed E-state index contributed by atoms with van der Waals surface area (Å²) in [5.74, 6) is -0.101. The molecule has 1 aromatic rings. The minimum Gasteiger partial charge on any atom is -0.364 e. The van der Waals surface area contributed by atoms with Gasteiger partial charge >= 0.3 is 0 Å². The van der Waals surface area contributed by atoms with Gasteiger partial charge in [0.25, 0.3) is 5.91 Å². The van der Waals surface area contributed by atoms with Gasteiger partial charge in [-0.05, 0) is 25.3 Å². The minimum absolute atomic E-state index is 0.121. The number of benzene rings is 1. The maximum atomic E-state index is 12.5. The smallest absolute Gasteiger partial charge is 0.256 e. The molecule has 0 saturated carbocycles. The van der Waals surface area contributed by atoms with Crippen LogP contribution < -0.4 is 5.32 Å². The highest BCUT2D eigenvalue weighted by Crippen LogP contribution is 2.24. The number of carbonyl (C=O) groups excluding carboxylic acids is 2. The first kappa shape index (κ1) is 18.5. The summed E-state index contributed by atoms with van der Waals surface area (Å²) in [6, 6.07) is 9.39. The van der Waals surface area contributed by atoms with Crippen LogP contribution in [0.3, 0.4) is 0 Å². The second kappa shape index (κ2) is 8.83. The maximum Gasteiger partial charge on any atom is 0.256 e. The summed E-state index contributed by atoms with van der Waals surface area (Å²) < 4.78 is 5.47. The van der Waals surface area contributed by atoms with Crippen LogP contribution in [0.4, 0.5) is 0 Å². The summed E-state index contributed by atoms with van der Waals surface area (Å²) in [7, 11) is 1.52. The quantitative estimate of drug-likeness (QED) is 0.870. The summed E-state index contributed by atoms with van der Waals surface area (Å²) in [5, 5.41) is 2.85. The number of carbonyl (C=O) groups is 2. The van der Waals surface area contributed by atoms with E-state index in [0.717, 1.165) is 31.5 Å². The normalized spacial score (nSPS) is 17.7. The molecular formula is C19H28N2O3. The Labute approximate surface area is 144 Å². The molecule has 1 aliphatic heterocycles. The molecule has 0 spiro atoms. The molecule has 5 heteroatoms. The third-order valence-corrected chi connectivity index (χ3v) is 4.75. The molecule has 1 N–H and O–H groups in total. The fraction of sp³-hybridized carbons (Fsp3) is 0.579. The lowest BCUT2D eigenvalue weighted by Gasteiger charge is -2.27. The number of hydrogen-bond acceptors (Lipinski definition) is 3. The SMILES string of the molecule is CO[C@@](C)(C(=O)NCCC(=O)N1CCCCCC1)c1ccccc1. The van der Waals surface area contributed by atoms with E-state index in [1.54, 1.807) is 6.92 Å². The molecule has 132 valence electrons. The predicted molar refractivity (Wildman–Crippen MR) is 93.5 cm³/mol. The molecule has 0 bridgehead atoms. The predicted octanol–water partition coefficient (Wildman–Crippen LogP) is 2.46. The van der Waals surface area contributed by atoms with E-state index in [1.165, 1.54) is 20.0 Å². The lowest BCUT2D eigenvalue weighted by atomic mass is 9.94. The Kier molecular flexibility index (Phi) is 6.79. The molecule has 2 rings (SSSR count). The number of nitrogens with zero attached hydrogens (tertiary/aromatic N) is 1. The zero-order valence-corrected chi connectivity index (χ0v) is 14.7. The minimum atomic E-state index is -1.05. The molecule has 0 aliphatic carbocycles. The first-order chi connectivity index (χ1) is 11.6. The first-order valence-corrected chi connectivity index (χ1v) is 8.74. The number of ether oxygens (including phenoxy) is 1. The number of nitrogens with one attached hydrogen (secondary N) is 1. The standard InChI is InChI=1S/C19H28N2O3/c1-19(24-2,16-10-6-5-7-11-16)18(23)20-13-12-17(22)21-14-8-3-4-9-15-21/h5-7,10-11H,3-4,8-9,12-15H2,1-2H3,(H,20,23)/t19-/m1/s1. The fourth-order valence-corrected chi connectivity index (χ4v) is 3.03. The van der Waals surface area contributed by atoms with Gasteiger partial charge in [0.2, 0.25) is 5.91 Å². The third kappa shape index (κ3) is 4.57. The maximum absolute atomic E-state index is 12.5. The molecule has 1 heterocycles. The van der Waals surface area contributed by atoms with Gasteiger partial charge in [0.1, 0.15) is 0 Å². The van der Waals surface area contributed by atoms with Crippen molar-refractivity contribution in [3.8, 4) is 0 Å². The van der Waals surface area contributed by atoms with Gasteiger partial charge in [0, 0.05) is 33.2 Å². The van der Waals surface area contributed by atoms with Crippen LogP contribution in [0.5, 0.6) is 0 Å². The average Bonchev–Trinajstić information content (AvgIpc) is 2.91. The van der Waals surface area contributed by atoms with Crippen LogP contribution in [0.1, 0.15) is 44.6 Å². The monoisotopic (exact) mass is 332 g/mol. The van der Waals surface area contributed by atoms with Crippen molar-refractivity contribution >= 4 is 11.8 Å². The molecule has 24 heavy (non-hydrogen) atoms. The Bertz CT molecular complexity index is 539. The molecule has 1 fully saturated rings. The van der Waals surface area contributed by atoms with Crippen LogP contribution in [0.25, 0.3) is 0 Å². The van der Waals surface area contributed by atoms with Crippen molar-refractivity contribution in [1.82, 2.24) is 10.2 Å². The third-order valence-electron chi connectivity index (χ3n) is 4.75. The van der Waals surface area contributed by atoms with Crippen molar-refractivity contribution in [3.05, 3.63) is 35.9 Å². The summed E-state index contributed by atoms with van der Waals surface area (Å²) in [5.41, 5.74) is -0.253. The van der Waals surface area contributed by atoms with E-state index >= 15 is 0 Å². The molecule has 1 aliphatic rings. The van der Waals surface area contributed by atoms with Crippen LogP contribution in [0, 0.1) is 0 Å². The Morgan fingerprint density at radius 2 is 1.75 bits per heavy atom. The van der Waals surface area contributed by atoms with Gasteiger partial charge < -0.3 is 15.0 Å². The zero-order valence-electron chi connectivity index (χ0n) is 14.7. The molecule has 0 unspecified atom stereocenters. The Hall–Kier alpha value is -1.88. The van der Waals surface area contributed by atoms with Crippen molar-refractivity contribution in [2.45, 2.75) is 44.6 Å². The largest absolute Gasteiger partial charge is 0.364 e. The van der Waals surface area contributed by atoms with Gasteiger partial charge in [-0.1, -0.05) is 43.2 Å². The van der Waals surface area contributed by atoms with Gasteiger partial charge in [-0.15, -0.1) is 0 Å². The second-order valence-electron chi connectivity index (χ2n) is 6.40. The van der Waals surface area contributed by atoms with E-state index < -0.39 is 5.60 Å². The van der Waals surface area contributed by atoms with Crippen molar-refractivity contribution in [2.75, 3.05) is 26.7 Å². The molecule has 5 nitrogen and oxygen atoms in total. The number of hydrogen-bond donors (Lipinski definition) is 1. The highest BCUT2D eigenvalue weighted by Gasteiger charge is 2.34. The van der Waals surface area contributed by atoms with Gasteiger partial charge in [0.15, 0.2) is 5.60 Å². The molecule has 0 radical (unpaired) electrons. The molecule has 1 atom stereocenters. The Balaban J connectivity index is 1.86. The van der Waals surface area contributed by atoms with Crippen LogP contribution >= 0.6 is 0 Å². The number of rotatable bonds is 6. The molecular weight excluding hydrogens is 304 g/mol. The Morgan fingerprint density at radius 3 is 2.33 bits per heavy atom. The lowest BCUT2D eigenvalue weighted by Crippen LogP contribution is -2.45. The van der Waals surface area contributed by atoms with Crippen LogP contribution in [-0.4, -0.2) is 43.5 Å². The summed E-state index contributed by atoms with van der Waals surface area (Å²) >= 11 is 0. The molecule has 1 saturated heterocycles. The molecule has 1 aromatic carbocycles. The number of methoxy groups -OCH3 is 1. The van der Waals surface area contributed by atoms with Crippen molar-refractivity contribution in [2.24, 2.45) is 0 Å². The molecule has 0 aromatic heterocycles. The highest BCUT2D eigenvalue weighted by atomic mass is 16.5. The fourth-order valence-electron chi connectivity index (χ4n) is 3.03. The zero-order chi connectivity index (χ0) is 17.4. The van der Waals surface area contributed by atoms with Gasteiger partial charge in [-0.3, -0.25) is 9.59 Å². The van der Waals surface area contributed by atoms with E-state index in [1.807, 2.05) is 35.2 Å². The van der Waals surface area contributed by atoms with Crippen molar-refractivity contribution < 1.29 is 14.3 Å². The average molecular weight is 332 g/mol. The van der Waals surface area contributed by atoms with E-state index in [4.69, 9.17) is 4.74 Å². The van der Waals surface area contributed by atoms with Crippen molar-refractivity contribution in [3.63, 3.8) is 0 Å². The van der Waals surface area contributed by atoms with Crippen molar-refractivity contribution in [1.29, 1.82) is 0 Å². The number of amides is 2. The van der Waals surface area contributed by atoms with Crippen LogP contribution in [0.15, 0.2) is 30.3 Å². The second-order valence-corrected chi connectivity index (χ2v) is 6.40. The highest BCUT2D eigenvalue weighted by molar-refractivity contribution is 5.86. The van der Waals surface area contributed by atoms with E-state index in [-0.39, 0.29) is 11.8 Å². The summed E-state index contributed by atoms with van der Waals surface area (Å²) in [4.78, 5) is 26.7. The van der Waals surface area contributed by atoms with E-state index in [9.17, 15) is 9.59 Å². The first-order valence-electron chi connectivity index (χ1n) is 8.74. The number of likely N-dealkylation sites (tertiary alicyclic amines) is 1. The molecule has 2 amide bonds. The van der Waals surface area contributed by atoms with Crippen LogP contribution in [0.2, 0.25) is 0 Å². The summed E-state index contributed by atoms with van der Waals surface area (Å²) in [6.45, 7) is 3.76. The van der Waals surface area contributed by atoms with Gasteiger partial charge in [-0.25, -0.2) is 0 Å². The topological polar surface area (TPSA) is 58.6 Å². The van der Waals surface area contributed by atoms with E-state index in [2.05, 4.69) is 5.32 Å². The van der Waals surface area contributed by atoms with Crippen LogP contribution in [-0.2, 0) is 19.9 Å². The Morgan fingerprint density at radius 1 is 1.12 bits per heavy atom. The van der Waals surface area contributed by atoms with Gasteiger partial charge in [0.05, 0.1) is 0 Å². The summed E-state index contributed by atoms with van der Waals surface area (Å²) in [6.07, 6.45) is 4.88.